The quantitative estimate of drug-likeness (QED) is 0.911. The van der Waals surface area contributed by atoms with Gasteiger partial charge in [0.25, 0.3) is 0 Å². The lowest BCUT2D eigenvalue weighted by molar-refractivity contribution is 0.208. The van der Waals surface area contributed by atoms with Gasteiger partial charge in [0.1, 0.15) is 5.82 Å². The van der Waals surface area contributed by atoms with Gasteiger partial charge in [-0.25, -0.2) is 9.78 Å². The summed E-state index contributed by atoms with van der Waals surface area (Å²) in [6.07, 6.45) is 0. The van der Waals surface area contributed by atoms with Gasteiger partial charge in [0, 0.05) is 63.2 Å². The Morgan fingerprint density at radius 1 is 1.20 bits per heavy atom. The molecule has 0 radical (unpaired) electrons. The minimum atomic E-state index is -0.0490. The highest BCUT2D eigenvalue weighted by Gasteiger charge is 2.23. The molecule has 1 saturated heterocycles. The average Bonchev–Trinajstić information content (AvgIpc) is 3.03. The van der Waals surface area contributed by atoms with Crippen molar-refractivity contribution < 1.29 is 4.79 Å². The lowest BCUT2D eigenvalue weighted by Gasteiger charge is -2.34. The first kappa shape index (κ1) is 17.5. The van der Waals surface area contributed by atoms with Gasteiger partial charge >= 0.3 is 6.03 Å². The van der Waals surface area contributed by atoms with Gasteiger partial charge in [-0.2, -0.15) is 4.37 Å². The number of aromatic nitrogens is 2. The lowest BCUT2D eigenvalue weighted by Crippen LogP contribution is -2.50. The SMILES string of the molecule is Cc1nsc(N2CCN(C(=O)Nc3cccc(N(C)C)c3C)CC2)n1. The molecule has 2 amide bonds. The predicted octanol–water partition coefficient (Wildman–Crippen LogP) is 2.58. The molecule has 0 saturated carbocycles. The van der Waals surface area contributed by atoms with E-state index in [9.17, 15) is 4.79 Å². The Morgan fingerprint density at radius 2 is 1.92 bits per heavy atom. The van der Waals surface area contributed by atoms with Crippen LogP contribution in [0.4, 0.5) is 21.3 Å². The second-order valence-electron chi connectivity index (χ2n) is 6.37. The molecule has 2 heterocycles. The molecule has 1 aromatic carbocycles. The molecule has 1 N–H and O–H groups in total. The van der Waals surface area contributed by atoms with Gasteiger partial charge in [-0.05, 0) is 31.5 Å². The molecule has 0 atom stereocenters. The van der Waals surface area contributed by atoms with Gasteiger partial charge in [0.15, 0.2) is 0 Å². The molecule has 7 nitrogen and oxygen atoms in total. The number of benzene rings is 1. The fourth-order valence-corrected chi connectivity index (χ4v) is 3.68. The number of aryl methyl sites for hydroxylation is 1. The molecule has 0 spiro atoms. The summed E-state index contributed by atoms with van der Waals surface area (Å²) in [5.74, 6) is 0.802. The molecule has 8 heteroatoms. The zero-order valence-electron chi connectivity index (χ0n) is 15.1. The van der Waals surface area contributed by atoms with Crippen molar-refractivity contribution in [3.63, 3.8) is 0 Å². The van der Waals surface area contributed by atoms with Crippen molar-refractivity contribution in [2.45, 2.75) is 13.8 Å². The third-order valence-corrected chi connectivity index (χ3v) is 5.25. The second kappa shape index (κ2) is 7.26. The maximum atomic E-state index is 12.6. The third-order valence-electron chi connectivity index (χ3n) is 4.38. The maximum absolute atomic E-state index is 12.6. The van der Waals surface area contributed by atoms with E-state index in [1.54, 1.807) is 0 Å². The zero-order valence-corrected chi connectivity index (χ0v) is 15.9. The van der Waals surface area contributed by atoms with E-state index >= 15 is 0 Å². The summed E-state index contributed by atoms with van der Waals surface area (Å²) in [6.45, 7) is 6.83. The second-order valence-corrected chi connectivity index (χ2v) is 7.10. The molecule has 134 valence electrons. The summed E-state index contributed by atoms with van der Waals surface area (Å²) in [7, 11) is 4.00. The molecule has 2 aromatic rings. The van der Waals surface area contributed by atoms with Gasteiger partial charge in [-0.15, -0.1) is 0 Å². The molecule has 25 heavy (non-hydrogen) atoms. The first-order valence-corrected chi connectivity index (χ1v) is 9.11. The van der Waals surface area contributed by atoms with E-state index < -0.39 is 0 Å². The van der Waals surface area contributed by atoms with Gasteiger partial charge in [0.2, 0.25) is 5.13 Å². The summed E-state index contributed by atoms with van der Waals surface area (Å²) >= 11 is 1.42. The van der Waals surface area contributed by atoms with Gasteiger partial charge in [0.05, 0.1) is 0 Å². The number of urea groups is 1. The van der Waals surface area contributed by atoms with Crippen molar-refractivity contribution in [3.05, 3.63) is 29.6 Å². The van der Waals surface area contributed by atoms with Crippen molar-refractivity contribution in [1.29, 1.82) is 0 Å². The van der Waals surface area contributed by atoms with Crippen LogP contribution in [0.3, 0.4) is 0 Å². The summed E-state index contributed by atoms with van der Waals surface area (Å²) < 4.78 is 4.23. The molecule has 1 aliphatic rings. The topological polar surface area (TPSA) is 64.6 Å². The normalized spacial score (nSPS) is 14.6. The zero-order chi connectivity index (χ0) is 18.0. The number of anilines is 3. The minimum Gasteiger partial charge on any atom is -0.377 e. The number of carbonyl (C=O) groups is 1. The van der Waals surface area contributed by atoms with Crippen LogP contribution in [-0.2, 0) is 0 Å². The molecular weight excluding hydrogens is 336 g/mol. The van der Waals surface area contributed by atoms with E-state index in [0.29, 0.717) is 13.1 Å². The van der Waals surface area contributed by atoms with Crippen LogP contribution >= 0.6 is 11.5 Å². The van der Waals surface area contributed by atoms with Crippen LogP contribution in [0.15, 0.2) is 18.2 Å². The number of rotatable bonds is 3. The Balaban J connectivity index is 1.61. The Labute approximate surface area is 152 Å². The maximum Gasteiger partial charge on any atom is 0.321 e. The van der Waals surface area contributed by atoms with E-state index in [1.807, 2.05) is 55.9 Å². The number of carbonyl (C=O) groups excluding carboxylic acids is 1. The van der Waals surface area contributed by atoms with Crippen LogP contribution in [0.1, 0.15) is 11.4 Å². The van der Waals surface area contributed by atoms with Gasteiger partial charge in [-0.1, -0.05) is 6.07 Å². The number of nitrogens with zero attached hydrogens (tertiary/aromatic N) is 5. The van der Waals surface area contributed by atoms with E-state index in [1.165, 1.54) is 11.5 Å². The molecule has 1 fully saturated rings. The van der Waals surface area contributed by atoms with Gasteiger partial charge < -0.3 is 20.0 Å². The average molecular weight is 360 g/mol. The number of piperazine rings is 1. The highest BCUT2D eigenvalue weighted by atomic mass is 32.1. The first-order valence-electron chi connectivity index (χ1n) is 8.34. The van der Waals surface area contributed by atoms with Crippen molar-refractivity contribution in [3.8, 4) is 0 Å². The van der Waals surface area contributed by atoms with E-state index in [2.05, 4.69) is 19.6 Å². The highest BCUT2D eigenvalue weighted by Crippen LogP contribution is 2.26. The first-order chi connectivity index (χ1) is 12.0. The van der Waals surface area contributed by atoms with Crippen LogP contribution in [0.2, 0.25) is 0 Å². The molecule has 3 rings (SSSR count). The van der Waals surface area contributed by atoms with Crippen molar-refractivity contribution >= 4 is 34.1 Å². The van der Waals surface area contributed by atoms with Crippen LogP contribution in [-0.4, -0.2) is 60.6 Å². The van der Waals surface area contributed by atoms with Crippen LogP contribution < -0.4 is 15.1 Å². The number of amides is 2. The number of nitrogens with one attached hydrogen (secondary N) is 1. The highest BCUT2D eigenvalue weighted by molar-refractivity contribution is 7.09. The number of hydrogen-bond donors (Lipinski definition) is 1. The molecule has 1 aromatic heterocycles. The van der Waals surface area contributed by atoms with Crippen LogP contribution in [0.25, 0.3) is 0 Å². The van der Waals surface area contributed by atoms with E-state index in [4.69, 9.17) is 0 Å². The molecule has 0 bridgehead atoms. The molecular formula is C17H24N6OS. The van der Waals surface area contributed by atoms with E-state index in [0.717, 1.165) is 41.0 Å². The summed E-state index contributed by atoms with van der Waals surface area (Å²) in [5, 5.41) is 3.99. The summed E-state index contributed by atoms with van der Waals surface area (Å²) in [4.78, 5) is 23.1. The number of hydrogen-bond acceptors (Lipinski definition) is 6. The largest absolute Gasteiger partial charge is 0.377 e. The third kappa shape index (κ3) is 3.84. The Kier molecular flexibility index (Phi) is 5.08. The van der Waals surface area contributed by atoms with Gasteiger partial charge in [-0.3, -0.25) is 0 Å². The standard InChI is InChI=1S/C17H24N6OS/c1-12-14(6-5-7-15(12)21(3)4)19-16(24)22-8-10-23(11-9-22)17-18-13(2)20-25-17/h5-7H,8-11H2,1-4H3,(H,19,24). The summed E-state index contributed by atoms with van der Waals surface area (Å²) in [5.41, 5.74) is 3.04. The fraction of sp³-hybridized carbons (Fsp3) is 0.471. The summed E-state index contributed by atoms with van der Waals surface area (Å²) in [6, 6.07) is 5.91. The monoisotopic (exact) mass is 360 g/mol. The van der Waals surface area contributed by atoms with Crippen LogP contribution in [0, 0.1) is 13.8 Å². The fourth-order valence-electron chi connectivity index (χ4n) is 2.95. The Bertz CT molecular complexity index is 751. The van der Waals surface area contributed by atoms with Crippen molar-refractivity contribution in [2.24, 2.45) is 0 Å². The van der Waals surface area contributed by atoms with Crippen LogP contribution in [0.5, 0.6) is 0 Å². The minimum absolute atomic E-state index is 0.0490. The molecule has 1 aliphatic heterocycles. The van der Waals surface area contributed by atoms with E-state index in [-0.39, 0.29) is 6.03 Å². The Hall–Kier alpha value is -2.35. The van der Waals surface area contributed by atoms with Crippen molar-refractivity contribution in [2.75, 3.05) is 55.4 Å². The lowest BCUT2D eigenvalue weighted by atomic mass is 10.1. The molecule has 0 aliphatic carbocycles. The predicted molar refractivity (Wildman–Crippen MR) is 103 cm³/mol. The molecule has 0 unspecified atom stereocenters. The van der Waals surface area contributed by atoms with Crippen molar-refractivity contribution in [1.82, 2.24) is 14.3 Å². The smallest absolute Gasteiger partial charge is 0.321 e. The Morgan fingerprint density at radius 3 is 2.52 bits per heavy atom.